The van der Waals surface area contributed by atoms with Gasteiger partial charge in [0.05, 0.1) is 5.56 Å². The third-order valence-electron chi connectivity index (χ3n) is 2.85. The molecule has 0 saturated carbocycles. The van der Waals surface area contributed by atoms with Crippen LogP contribution in [0.5, 0.6) is 0 Å². The monoisotopic (exact) mass is 276 g/mol. The fourth-order valence-corrected chi connectivity index (χ4v) is 2.33. The van der Waals surface area contributed by atoms with Crippen molar-refractivity contribution < 1.29 is 4.79 Å². The minimum Gasteiger partial charge on any atom is -0.352 e. The predicted octanol–water partition coefficient (Wildman–Crippen LogP) is 3.96. The van der Waals surface area contributed by atoms with Crippen LogP contribution in [-0.4, -0.2) is 12.5 Å². The highest BCUT2D eigenvalue weighted by Gasteiger charge is 2.10. The summed E-state index contributed by atoms with van der Waals surface area (Å²) in [7, 11) is 0. The maximum Gasteiger partial charge on any atom is 0.252 e. The third-order valence-corrected chi connectivity index (χ3v) is 3.52. The molecule has 0 bridgehead atoms. The van der Waals surface area contributed by atoms with Gasteiger partial charge in [-0.2, -0.15) is 5.26 Å². The number of nitrogens with zero attached hydrogens (tertiary/aromatic N) is 1. The van der Waals surface area contributed by atoms with E-state index >= 15 is 0 Å². The summed E-state index contributed by atoms with van der Waals surface area (Å²) >= 11 is 1.03. The van der Waals surface area contributed by atoms with Crippen molar-refractivity contribution in [1.29, 1.82) is 5.26 Å². The Morgan fingerprint density at radius 3 is 2.74 bits per heavy atom. The van der Waals surface area contributed by atoms with E-state index in [4.69, 9.17) is 5.26 Å². The Kier molecular flexibility index (Phi) is 7.76. The number of nitriles is 1. The average molecular weight is 276 g/mol. The number of amides is 1. The lowest BCUT2D eigenvalue weighted by Gasteiger charge is -2.07. The molecule has 0 aliphatic carbocycles. The second-order valence-corrected chi connectivity index (χ2v) is 5.19. The van der Waals surface area contributed by atoms with E-state index < -0.39 is 0 Å². The zero-order valence-corrected chi connectivity index (χ0v) is 12.1. The average Bonchev–Trinajstić information content (AvgIpc) is 2.43. The molecule has 102 valence electrons. The first-order valence-electron chi connectivity index (χ1n) is 6.72. The van der Waals surface area contributed by atoms with Crippen molar-refractivity contribution in [2.24, 2.45) is 0 Å². The summed E-state index contributed by atoms with van der Waals surface area (Å²) in [4.78, 5) is 12.7. The largest absolute Gasteiger partial charge is 0.352 e. The summed E-state index contributed by atoms with van der Waals surface area (Å²) in [5.41, 5.74) is 0.586. The first-order chi connectivity index (χ1) is 9.29. The number of rotatable bonds is 8. The van der Waals surface area contributed by atoms with Gasteiger partial charge in [0.1, 0.15) is 5.40 Å². The molecular formula is C15H20N2OS. The molecule has 19 heavy (non-hydrogen) atoms. The summed E-state index contributed by atoms with van der Waals surface area (Å²) in [6.07, 6.45) is 5.88. The van der Waals surface area contributed by atoms with Crippen LogP contribution in [0.15, 0.2) is 29.2 Å². The molecular weight excluding hydrogens is 256 g/mol. The molecule has 0 spiro atoms. The highest BCUT2D eigenvalue weighted by atomic mass is 32.2. The number of thioether (sulfide) groups is 1. The minimum absolute atomic E-state index is 0.0890. The number of benzene rings is 1. The van der Waals surface area contributed by atoms with E-state index in [9.17, 15) is 4.79 Å². The van der Waals surface area contributed by atoms with Crippen LogP contribution in [0, 0.1) is 10.7 Å². The van der Waals surface area contributed by atoms with E-state index in [1.807, 2.05) is 17.5 Å². The zero-order valence-electron chi connectivity index (χ0n) is 11.3. The highest BCUT2D eigenvalue weighted by molar-refractivity contribution is 8.03. The molecule has 0 aromatic heterocycles. The summed E-state index contributed by atoms with van der Waals surface area (Å²) in [6.45, 7) is 2.89. The molecule has 0 fully saturated rings. The second kappa shape index (κ2) is 9.46. The number of thiocyanates is 1. The van der Waals surface area contributed by atoms with Crippen molar-refractivity contribution in [3.8, 4) is 5.40 Å². The Bertz CT molecular complexity index is 440. The van der Waals surface area contributed by atoms with Crippen molar-refractivity contribution in [2.45, 2.75) is 43.9 Å². The lowest BCUT2D eigenvalue weighted by Crippen LogP contribution is -2.24. The van der Waals surface area contributed by atoms with Crippen molar-refractivity contribution in [1.82, 2.24) is 5.32 Å². The number of carbonyl (C=O) groups excluding carboxylic acids is 1. The summed E-state index contributed by atoms with van der Waals surface area (Å²) in [5, 5.41) is 13.6. The molecule has 0 aliphatic rings. The third kappa shape index (κ3) is 5.80. The van der Waals surface area contributed by atoms with Crippen LogP contribution < -0.4 is 5.32 Å². The maximum absolute atomic E-state index is 12.0. The van der Waals surface area contributed by atoms with Gasteiger partial charge in [-0.05, 0) is 30.3 Å². The van der Waals surface area contributed by atoms with Gasteiger partial charge < -0.3 is 5.32 Å². The number of carbonyl (C=O) groups is 1. The standard InChI is InChI=1S/C15H20N2OS/c1-2-3-4-5-8-11-17-15(18)13-9-6-7-10-14(13)19-12-16/h6-7,9-10H,2-5,8,11H2,1H3,(H,17,18). The van der Waals surface area contributed by atoms with E-state index in [-0.39, 0.29) is 5.91 Å². The van der Waals surface area contributed by atoms with Crippen LogP contribution in [0.25, 0.3) is 0 Å². The lowest BCUT2D eigenvalue weighted by atomic mass is 10.1. The van der Waals surface area contributed by atoms with Gasteiger partial charge in [-0.1, -0.05) is 44.7 Å². The van der Waals surface area contributed by atoms with Gasteiger partial charge in [0.15, 0.2) is 0 Å². The Hall–Kier alpha value is -1.47. The molecule has 0 saturated heterocycles. The van der Waals surface area contributed by atoms with Crippen LogP contribution in [0.1, 0.15) is 49.4 Å². The Morgan fingerprint density at radius 1 is 1.26 bits per heavy atom. The second-order valence-electron chi connectivity index (χ2n) is 4.36. The van der Waals surface area contributed by atoms with Gasteiger partial charge in [0, 0.05) is 11.4 Å². The van der Waals surface area contributed by atoms with Gasteiger partial charge in [-0.25, -0.2) is 0 Å². The molecule has 0 unspecified atom stereocenters. The normalized spacial score (nSPS) is 9.89. The topological polar surface area (TPSA) is 52.9 Å². The maximum atomic E-state index is 12.0. The van der Waals surface area contributed by atoms with Gasteiger partial charge >= 0.3 is 0 Å². The molecule has 1 aromatic carbocycles. The predicted molar refractivity (Wildman–Crippen MR) is 79.0 cm³/mol. The SMILES string of the molecule is CCCCCCCNC(=O)c1ccccc1SC#N. The van der Waals surface area contributed by atoms with Gasteiger partial charge in [0.2, 0.25) is 0 Å². The van der Waals surface area contributed by atoms with Crippen molar-refractivity contribution in [3.05, 3.63) is 29.8 Å². The molecule has 4 heteroatoms. The van der Waals surface area contributed by atoms with Gasteiger partial charge in [-0.15, -0.1) is 0 Å². The number of nitrogens with one attached hydrogen (secondary N) is 1. The van der Waals surface area contributed by atoms with Gasteiger partial charge in [0.25, 0.3) is 5.91 Å². The van der Waals surface area contributed by atoms with Crippen LogP contribution in [0.4, 0.5) is 0 Å². The molecule has 0 radical (unpaired) electrons. The van der Waals surface area contributed by atoms with Crippen LogP contribution in [-0.2, 0) is 0 Å². The number of unbranched alkanes of at least 4 members (excludes halogenated alkanes) is 4. The summed E-state index contributed by atoms with van der Waals surface area (Å²) in [6, 6.07) is 7.20. The first-order valence-corrected chi connectivity index (χ1v) is 7.54. The molecule has 0 atom stereocenters. The van der Waals surface area contributed by atoms with E-state index in [2.05, 4.69) is 12.2 Å². The molecule has 1 amide bonds. The number of hydrogen-bond acceptors (Lipinski definition) is 3. The fourth-order valence-electron chi connectivity index (χ4n) is 1.82. The molecule has 1 N–H and O–H groups in total. The molecule has 0 aliphatic heterocycles. The van der Waals surface area contributed by atoms with Crippen molar-refractivity contribution in [2.75, 3.05) is 6.54 Å². The molecule has 1 aromatic rings. The van der Waals surface area contributed by atoms with Crippen LogP contribution in [0.3, 0.4) is 0 Å². The van der Waals surface area contributed by atoms with Gasteiger partial charge in [-0.3, -0.25) is 4.79 Å². The van der Waals surface area contributed by atoms with E-state index in [0.29, 0.717) is 17.0 Å². The molecule has 1 rings (SSSR count). The highest BCUT2D eigenvalue weighted by Crippen LogP contribution is 2.21. The fraction of sp³-hybridized carbons (Fsp3) is 0.467. The minimum atomic E-state index is -0.0890. The van der Waals surface area contributed by atoms with E-state index in [1.165, 1.54) is 19.3 Å². The zero-order chi connectivity index (χ0) is 13.9. The van der Waals surface area contributed by atoms with E-state index in [0.717, 1.165) is 24.6 Å². The molecule has 0 heterocycles. The Balaban J connectivity index is 2.39. The van der Waals surface area contributed by atoms with Crippen LogP contribution in [0.2, 0.25) is 0 Å². The smallest absolute Gasteiger partial charge is 0.252 e. The summed E-state index contributed by atoms with van der Waals surface area (Å²) in [5.74, 6) is -0.0890. The quantitative estimate of drug-likeness (QED) is 0.444. The molecule has 3 nitrogen and oxygen atoms in total. The van der Waals surface area contributed by atoms with Crippen molar-refractivity contribution >= 4 is 17.7 Å². The van der Waals surface area contributed by atoms with Crippen LogP contribution >= 0.6 is 11.8 Å². The first kappa shape index (κ1) is 15.6. The Labute approximate surface area is 119 Å². The number of hydrogen-bond donors (Lipinski definition) is 1. The Morgan fingerprint density at radius 2 is 2.00 bits per heavy atom. The van der Waals surface area contributed by atoms with E-state index in [1.54, 1.807) is 12.1 Å². The van der Waals surface area contributed by atoms with Crippen molar-refractivity contribution in [3.63, 3.8) is 0 Å². The summed E-state index contributed by atoms with van der Waals surface area (Å²) < 4.78 is 0. The lowest BCUT2D eigenvalue weighted by molar-refractivity contribution is 0.0950.